The molecule has 18 heavy (non-hydrogen) atoms. The molecule has 2 aliphatic rings. The van der Waals surface area contributed by atoms with Gasteiger partial charge in [-0.05, 0) is 6.42 Å². The largest absolute Gasteiger partial charge is 0.449 e. The first-order valence-corrected chi connectivity index (χ1v) is 5.59. The van der Waals surface area contributed by atoms with Crippen molar-refractivity contribution in [2.45, 2.75) is 32.0 Å². The van der Waals surface area contributed by atoms with Crippen LogP contribution in [0, 0.1) is 0 Å². The van der Waals surface area contributed by atoms with Crippen LogP contribution in [-0.4, -0.2) is 42.6 Å². The summed E-state index contributed by atoms with van der Waals surface area (Å²) in [6.45, 7) is 2.42. The number of hydrogen-bond acceptors (Lipinski definition) is 4. The summed E-state index contributed by atoms with van der Waals surface area (Å²) in [7, 11) is 0. The molecule has 0 aromatic rings. The number of fused-ring (bicyclic) bond motifs is 1. The number of nitrogens with one attached hydrogen (secondary N) is 1. The van der Waals surface area contributed by atoms with Gasteiger partial charge in [0.05, 0.1) is 0 Å². The molecule has 2 aliphatic heterocycles. The van der Waals surface area contributed by atoms with Gasteiger partial charge >= 0.3 is 6.18 Å². The monoisotopic (exact) mass is 259 g/mol. The van der Waals surface area contributed by atoms with Crippen molar-refractivity contribution >= 4 is 23.8 Å². The summed E-state index contributed by atoms with van der Waals surface area (Å²) >= 11 is 0. The summed E-state index contributed by atoms with van der Waals surface area (Å²) < 4.78 is 37.8. The van der Waals surface area contributed by atoms with Crippen LogP contribution in [0.2, 0.25) is 0 Å². The van der Waals surface area contributed by atoms with Gasteiger partial charge in [-0.2, -0.15) is 13.2 Å². The Kier molecular flexibility index (Phi) is 3.44. The van der Waals surface area contributed by atoms with Gasteiger partial charge in [-0.3, -0.25) is 9.98 Å². The second-order valence-electron chi connectivity index (χ2n) is 3.86. The normalized spacial score (nSPS) is 24.7. The van der Waals surface area contributed by atoms with Crippen LogP contribution < -0.4 is 5.32 Å². The van der Waals surface area contributed by atoms with Crippen LogP contribution in [0.3, 0.4) is 0 Å². The molecule has 8 heteroatoms. The van der Waals surface area contributed by atoms with Gasteiger partial charge in [-0.1, -0.05) is 13.3 Å². The molecule has 0 fully saturated rings. The molecule has 1 N–H and O–H groups in total. The van der Waals surface area contributed by atoms with E-state index in [0.29, 0.717) is 6.54 Å². The molecule has 5 nitrogen and oxygen atoms in total. The van der Waals surface area contributed by atoms with Crippen molar-refractivity contribution in [1.82, 2.24) is 5.32 Å². The van der Waals surface area contributed by atoms with Crippen LogP contribution in [-0.2, 0) is 0 Å². The van der Waals surface area contributed by atoms with Crippen molar-refractivity contribution < 1.29 is 13.2 Å². The molecular formula is C10H12F3N5. The van der Waals surface area contributed by atoms with Crippen LogP contribution >= 0.6 is 0 Å². The predicted molar refractivity (Wildman–Crippen MR) is 63.6 cm³/mol. The zero-order chi connectivity index (χ0) is 13.2. The van der Waals surface area contributed by atoms with Crippen LogP contribution in [0.5, 0.6) is 0 Å². The topological polar surface area (TPSA) is 61.5 Å². The van der Waals surface area contributed by atoms with Gasteiger partial charge in [0.2, 0.25) is 5.84 Å². The number of hydrogen-bond donors (Lipinski definition) is 1. The van der Waals surface area contributed by atoms with E-state index in [1.807, 2.05) is 6.92 Å². The maximum Gasteiger partial charge on any atom is 0.449 e. The third-order valence-corrected chi connectivity index (χ3v) is 2.44. The molecule has 0 aromatic carbocycles. The minimum atomic E-state index is -4.54. The fraction of sp³-hybridized carbons (Fsp3) is 0.600. The van der Waals surface area contributed by atoms with Gasteiger partial charge in [0.1, 0.15) is 12.2 Å². The first-order chi connectivity index (χ1) is 8.52. The summed E-state index contributed by atoms with van der Waals surface area (Å²) in [5, 5.41) is 2.14. The Hall–Kier alpha value is -1.73. The Morgan fingerprint density at radius 2 is 2.22 bits per heavy atom. The van der Waals surface area contributed by atoms with Crippen molar-refractivity contribution in [3.63, 3.8) is 0 Å². The zero-order valence-electron chi connectivity index (χ0n) is 9.70. The lowest BCUT2D eigenvalue weighted by Crippen LogP contribution is -2.50. The van der Waals surface area contributed by atoms with E-state index in [-0.39, 0.29) is 11.7 Å². The van der Waals surface area contributed by atoms with Gasteiger partial charge in [-0.15, -0.1) is 0 Å². The van der Waals surface area contributed by atoms with Crippen LogP contribution in [0.1, 0.15) is 19.8 Å². The zero-order valence-corrected chi connectivity index (χ0v) is 9.70. The average Bonchev–Trinajstić information content (AvgIpc) is 2.76. The molecule has 0 aromatic heterocycles. The van der Waals surface area contributed by atoms with Gasteiger partial charge in [0.25, 0.3) is 0 Å². The minimum absolute atomic E-state index is 0.0713. The smallest absolute Gasteiger partial charge is 0.322 e. The van der Waals surface area contributed by atoms with Gasteiger partial charge in [0, 0.05) is 6.54 Å². The molecule has 0 saturated heterocycles. The minimum Gasteiger partial charge on any atom is -0.322 e. The first kappa shape index (κ1) is 12.7. The van der Waals surface area contributed by atoms with Crippen LogP contribution in [0.4, 0.5) is 13.2 Å². The van der Waals surface area contributed by atoms with Gasteiger partial charge in [-0.25, -0.2) is 9.98 Å². The van der Waals surface area contributed by atoms with Crippen LogP contribution in [0.15, 0.2) is 20.0 Å². The van der Waals surface area contributed by atoms with Crippen molar-refractivity contribution in [1.29, 1.82) is 0 Å². The molecular weight excluding hydrogens is 247 g/mol. The predicted octanol–water partition coefficient (Wildman–Crippen LogP) is 1.56. The first-order valence-electron chi connectivity index (χ1n) is 5.59. The number of nitrogens with zero attached hydrogens (tertiary/aromatic N) is 4. The Labute approximate surface area is 102 Å². The molecule has 2 heterocycles. The van der Waals surface area contributed by atoms with E-state index >= 15 is 0 Å². The summed E-state index contributed by atoms with van der Waals surface area (Å²) in [5.41, 5.74) is 0. The number of unbranched alkanes of at least 4 members (excludes halogenated alkanes) is 1. The standard InChI is InChI=1S/C10H12F3N5/c1-2-3-4-14-7-6-8(16-5-15-6)18-9(17-7)10(11,12)13/h5-6H,2-4H2,1H3,(H,14,15,16,17,18). The van der Waals surface area contributed by atoms with Crippen molar-refractivity contribution in [2.75, 3.05) is 6.54 Å². The average molecular weight is 259 g/mol. The summed E-state index contributed by atoms with van der Waals surface area (Å²) in [6, 6.07) is -0.618. The van der Waals surface area contributed by atoms with Gasteiger partial charge in [0.15, 0.2) is 11.9 Å². The number of halogens is 3. The second kappa shape index (κ2) is 4.87. The van der Waals surface area contributed by atoms with E-state index < -0.39 is 18.1 Å². The Balaban J connectivity index is 2.26. The van der Waals surface area contributed by atoms with Gasteiger partial charge < -0.3 is 5.32 Å². The maximum absolute atomic E-state index is 12.6. The third kappa shape index (κ3) is 2.57. The maximum atomic E-state index is 12.6. The summed E-state index contributed by atoms with van der Waals surface area (Å²) in [4.78, 5) is 15.3. The highest BCUT2D eigenvalue weighted by Gasteiger charge is 2.42. The molecule has 98 valence electrons. The lowest BCUT2D eigenvalue weighted by Gasteiger charge is -2.21. The SMILES string of the molecule is CCCCN=C1N=C(C(F)(F)F)NC2=NC=NC12. The fourth-order valence-electron chi connectivity index (χ4n) is 1.53. The molecule has 1 unspecified atom stereocenters. The highest BCUT2D eigenvalue weighted by molar-refractivity contribution is 6.25. The highest BCUT2D eigenvalue weighted by atomic mass is 19.4. The van der Waals surface area contributed by atoms with E-state index in [1.54, 1.807) is 0 Å². The Bertz CT molecular complexity index is 447. The molecule has 0 amide bonds. The lowest BCUT2D eigenvalue weighted by atomic mass is 10.2. The summed E-state index contributed by atoms with van der Waals surface area (Å²) in [5.74, 6) is -0.882. The van der Waals surface area contributed by atoms with E-state index in [1.165, 1.54) is 6.34 Å². The Morgan fingerprint density at radius 1 is 1.44 bits per heavy atom. The quantitative estimate of drug-likeness (QED) is 0.768. The number of alkyl halides is 3. The lowest BCUT2D eigenvalue weighted by molar-refractivity contribution is -0.0609. The highest BCUT2D eigenvalue weighted by Crippen LogP contribution is 2.20. The molecule has 0 bridgehead atoms. The summed E-state index contributed by atoms with van der Waals surface area (Å²) in [6.07, 6.45) is -1.60. The number of aliphatic imine (C=N–C) groups is 4. The third-order valence-electron chi connectivity index (χ3n) is 2.44. The van der Waals surface area contributed by atoms with E-state index in [2.05, 4.69) is 25.3 Å². The fourth-order valence-corrected chi connectivity index (χ4v) is 1.53. The van der Waals surface area contributed by atoms with Crippen molar-refractivity contribution in [2.24, 2.45) is 20.0 Å². The Morgan fingerprint density at radius 3 is 2.89 bits per heavy atom. The van der Waals surface area contributed by atoms with Crippen LogP contribution in [0.25, 0.3) is 0 Å². The second-order valence-corrected chi connectivity index (χ2v) is 3.86. The molecule has 1 atom stereocenters. The van der Waals surface area contributed by atoms with Crippen molar-refractivity contribution in [3.05, 3.63) is 0 Å². The number of rotatable bonds is 3. The molecule has 0 aliphatic carbocycles. The van der Waals surface area contributed by atoms with E-state index in [4.69, 9.17) is 0 Å². The molecule has 0 radical (unpaired) electrons. The van der Waals surface area contributed by atoms with Crippen molar-refractivity contribution in [3.8, 4) is 0 Å². The van der Waals surface area contributed by atoms with E-state index in [9.17, 15) is 13.2 Å². The molecule has 0 saturated carbocycles. The molecule has 0 spiro atoms. The molecule has 2 rings (SSSR count). The number of amidine groups is 3. The van der Waals surface area contributed by atoms with E-state index in [0.717, 1.165) is 12.8 Å².